The second kappa shape index (κ2) is 6.72. The van der Waals surface area contributed by atoms with Crippen LogP contribution in [0.3, 0.4) is 0 Å². The number of nitrogens with zero attached hydrogens (tertiary/aromatic N) is 3. The first-order chi connectivity index (χ1) is 11.5. The molecule has 0 bridgehead atoms. The van der Waals surface area contributed by atoms with Gasteiger partial charge in [0.2, 0.25) is 0 Å². The van der Waals surface area contributed by atoms with Gasteiger partial charge in [0.05, 0.1) is 17.8 Å². The number of amides is 1. The van der Waals surface area contributed by atoms with Crippen molar-refractivity contribution in [2.24, 2.45) is 0 Å². The zero-order valence-electron chi connectivity index (χ0n) is 13.1. The lowest BCUT2D eigenvalue weighted by Gasteiger charge is -2.11. The number of hydrogen-bond acceptors (Lipinski definition) is 4. The molecule has 3 rings (SSSR count). The van der Waals surface area contributed by atoms with Crippen molar-refractivity contribution in [2.45, 2.75) is 38.1 Å². The van der Waals surface area contributed by atoms with Crippen LogP contribution in [0.1, 0.15) is 48.3 Å². The molecule has 2 N–H and O–H groups in total. The highest BCUT2D eigenvalue weighted by molar-refractivity contribution is 9.10. The summed E-state index contributed by atoms with van der Waals surface area (Å²) in [5, 5.41) is 19.7. The lowest BCUT2D eigenvalue weighted by atomic mass is 10.2. The molecule has 7 nitrogen and oxygen atoms in total. The van der Waals surface area contributed by atoms with Gasteiger partial charge < -0.3 is 10.4 Å². The molecular formula is C16H17BrN4O3. The van der Waals surface area contributed by atoms with Crippen LogP contribution in [-0.2, 0) is 4.79 Å². The van der Waals surface area contributed by atoms with E-state index in [0.717, 1.165) is 28.7 Å². The summed E-state index contributed by atoms with van der Waals surface area (Å²) in [6.07, 6.45) is 1.86. The van der Waals surface area contributed by atoms with Crippen molar-refractivity contribution in [1.29, 1.82) is 0 Å². The Balaban J connectivity index is 1.88. The molecule has 2 aromatic rings. The van der Waals surface area contributed by atoms with Gasteiger partial charge in [0.25, 0.3) is 5.91 Å². The molecule has 1 fully saturated rings. The number of carbonyl (C=O) groups excluding carboxylic acids is 1. The van der Waals surface area contributed by atoms with Crippen molar-refractivity contribution in [3.8, 4) is 5.69 Å². The van der Waals surface area contributed by atoms with E-state index >= 15 is 0 Å². The smallest absolute Gasteiger partial charge is 0.305 e. The summed E-state index contributed by atoms with van der Waals surface area (Å²) in [4.78, 5) is 23.2. The molecule has 1 aliphatic rings. The summed E-state index contributed by atoms with van der Waals surface area (Å²) in [6, 6.07) is 7.14. The fourth-order valence-electron chi connectivity index (χ4n) is 2.55. The second-order valence-corrected chi connectivity index (χ2v) is 6.87. The average molecular weight is 393 g/mol. The number of aromatic nitrogens is 3. The Morgan fingerprint density at radius 1 is 1.38 bits per heavy atom. The third-order valence-corrected chi connectivity index (χ3v) is 4.34. The summed E-state index contributed by atoms with van der Waals surface area (Å²) in [5.74, 6) is -1.07. The molecule has 1 aliphatic carbocycles. The summed E-state index contributed by atoms with van der Waals surface area (Å²) >= 11 is 3.40. The third-order valence-electron chi connectivity index (χ3n) is 3.81. The molecular weight excluding hydrogens is 376 g/mol. The van der Waals surface area contributed by atoms with Gasteiger partial charge in [-0.05, 0) is 44.0 Å². The summed E-state index contributed by atoms with van der Waals surface area (Å²) in [5.41, 5.74) is 1.90. The molecule has 1 aromatic heterocycles. The number of hydrogen-bond donors (Lipinski definition) is 2. The Morgan fingerprint density at radius 3 is 2.62 bits per heavy atom. The number of benzene rings is 1. The van der Waals surface area contributed by atoms with Crippen LogP contribution in [0.2, 0.25) is 0 Å². The zero-order valence-corrected chi connectivity index (χ0v) is 14.7. The topological polar surface area (TPSA) is 97.1 Å². The molecule has 8 heteroatoms. The van der Waals surface area contributed by atoms with E-state index < -0.39 is 12.0 Å². The van der Waals surface area contributed by atoms with Gasteiger partial charge in [0.1, 0.15) is 0 Å². The highest BCUT2D eigenvalue weighted by atomic mass is 79.9. The number of carboxylic acid groups (broad SMARTS) is 1. The van der Waals surface area contributed by atoms with Crippen LogP contribution < -0.4 is 5.32 Å². The predicted molar refractivity (Wildman–Crippen MR) is 90.2 cm³/mol. The summed E-state index contributed by atoms with van der Waals surface area (Å²) < 4.78 is 2.65. The Kier molecular flexibility index (Phi) is 4.66. The van der Waals surface area contributed by atoms with Crippen molar-refractivity contribution in [3.63, 3.8) is 0 Å². The van der Waals surface area contributed by atoms with E-state index in [-0.39, 0.29) is 23.9 Å². The third kappa shape index (κ3) is 3.64. The Morgan fingerprint density at radius 2 is 2.04 bits per heavy atom. The molecule has 1 aromatic carbocycles. The van der Waals surface area contributed by atoms with Crippen molar-refractivity contribution >= 4 is 27.8 Å². The Labute approximate surface area is 147 Å². The minimum atomic E-state index is -0.955. The van der Waals surface area contributed by atoms with Gasteiger partial charge in [-0.25, -0.2) is 4.68 Å². The van der Waals surface area contributed by atoms with E-state index in [0.29, 0.717) is 0 Å². The molecule has 0 aliphatic heterocycles. The van der Waals surface area contributed by atoms with Crippen LogP contribution in [0.25, 0.3) is 5.69 Å². The lowest BCUT2D eigenvalue weighted by Crippen LogP contribution is -2.35. The molecule has 0 radical (unpaired) electrons. The lowest BCUT2D eigenvalue weighted by molar-refractivity contribution is -0.137. The van der Waals surface area contributed by atoms with E-state index in [2.05, 4.69) is 31.6 Å². The SMILES string of the molecule is CC(CC(=O)O)NC(=O)c1nnn(-c2ccc(Br)cc2)c1C1CC1. The molecule has 1 atom stereocenters. The van der Waals surface area contributed by atoms with Gasteiger partial charge in [-0.2, -0.15) is 0 Å². The van der Waals surface area contributed by atoms with E-state index in [1.54, 1.807) is 11.6 Å². The van der Waals surface area contributed by atoms with Crippen molar-refractivity contribution in [2.75, 3.05) is 0 Å². The maximum Gasteiger partial charge on any atom is 0.305 e. The number of rotatable bonds is 6. The number of carboxylic acids is 1. The van der Waals surface area contributed by atoms with Gasteiger partial charge in [-0.3, -0.25) is 9.59 Å². The Bertz CT molecular complexity index is 768. The van der Waals surface area contributed by atoms with E-state index in [1.165, 1.54) is 0 Å². The number of nitrogens with one attached hydrogen (secondary N) is 1. The molecule has 1 amide bonds. The minimum absolute atomic E-state index is 0.134. The monoisotopic (exact) mass is 392 g/mol. The van der Waals surface area contributed by atoms with Crippen molar-refractivity contribution in [3.05, 3.63) is 40.1 Å². The largest absolute Gasteiger partial charge is 0.481 e. The van der Waals surface area contributed by atoms with Gasteiger partial charge in [0.15, 0.2) is 5.69 Å². The molecule has 24 heavy (non-hydrogen) atoms. The average Bonchev–Trinajstić information content (AvgIpc) is 3.25. The number of halogens is 1. The minimum Gasteiger partial charge on any atom is -0.481 e. The predicted octanol–water partition coefficient (Wildman–Crippen LogP) is 2.50. The van der Waals surface area contributed by atoms with Gasteiger partial charge in [-0.1, -0.05) is 21.1 Å². The van der Waals surface area contributed by atoms with Crippen molar-refractivity contribution in [1.82, 2.24) is 20.3 Å². The van der Waals surface area contributed by atoms with E-state index in [4.69, 9.17) is 5.11 Å². The maximum absolute atomic E-state index is 12.5. The van der Waals surface area contributed by atoms with E-state index in [9.17, 15) is 9.59 Å². The van der Waals surface area contributed by atoms with Crippen LogP contribution in [0.15, 0.2) is 28.7 Å². The molecule has 1 heterocycles. The normalized spacial score (nSPS) is 15.1. The molecule has 1 unspecified atom stereocenters. The molecule has 1 saturated carbocycles. The summed E-state index contributed by atoms with van der Waals surface area (Å²) in [6.45, 7) is 1.65. The van der Waals surface area contributed by atoms with Crippen molar-refractivity contribution < 1.29 is 14.7 Å². The summed E-state index contributed by atoms with van der Waals surface area (Å²) in [7, 11) is 0. The van der Waals surface area contributed by atoms with Gasteiger partial charge in [0, 0.05) is 16.4 Å². The maximum atomic E-state index is 12.5. The zero-order chi connectivity index (χ0) is 17.3. The first-order valence-electron chi connectivity index (χ1n) is 7.70. The van der Waals surface area contributed by atoms with Crippen LogP contribution in [0, 0.1) is 0 Å². The highest BCUT2D eigenvalue weighted by Gasteiger charge is 2.34. The highest BCUT2D eigenvalue weighted by Crippen LogP contribution is 2.42. The first-order valence-corrected chi connectivity index (χ1v) is 8.49. The van der Waals surface area contributed by atoms with Gasteiger partial charge in [-0.15, -0.1) is 5.10 Å². The Hall–Kier alpha value is -2.22. The number of aliphatic carboxylic acids is 1. The van der Waals surface area contributed by atoms with E-state index in [1.807, 2.05) is 24.3 Å². The fraction of sp³-hybridized carbons (Fsp3) is 0.375. The van der Waals surface area contributed by atoms with Gasteiger partial charge >= 0.3 is 5.97 Å². The van der Waals surface area contributed by atoms with Crippen LogP contribution >= 0.6 is 15.9 Å². The molecule has 0 spiro atoms. The quantitative estimate of drug-likeness (QED) is 0.786. The first kappa shape index (κ1) is 16.6. The number of carbonyl (C=O) groups is 2. The van der Waals surface area contributed by atoms with Crippen LogP contribution in [-0.4, -0.2) is 38.0 Å². The second-order valence-electron chi connectivity index (χ2n) is 5.96. The van der Waals surface area contributed by atoms with Crippen LogP contribution in [0.5, 0.6) is 0 Å². The van der Waals surface area contributed by atoms with Crippen LogP contribution in [0.4, 0.5) is 0 Å². The standard InChI is InChI=1S/C16H17BrN4O3/c1-9(8-13(22)23)18-16(24)14-15(10-2-3-10)21(20-19-14)12-6-4-11(17)5-7-12/h4-7,9-10H,2-3,8H2,1H3,(H,18,24)(H,22,23). The molecule has 126 valence electrons. The fourth-order valence-corrected chi connectivity index (χ4v) is 2.82. The molecule has 0 saturated heterocycles.